The zero-order valence-corrected chi connectivity index (χ0v) is 7.82. The van der Waals surface area contributed by atoms with E-state index in [-0.39, 0.29) is 0 Å². The molecule has 2 aromatic heterocycles. The maximum Gasteiger partial charge on any atom is 0.240 e. The highest BCUT2D eigenvalue weighted by atomic mass is 79.9. The molecule has 6 heteroatoms. The maximum absolute atomic E-state index is 5.22. The first-order valence-corrected chi connectivity index (χ1v) is 4.05. The number of aryl methyl sites for hydroxylation is 1. The summed E-state index contributed by atoms with van der Waals surface area (Å²) < 4.78 is 5.88. The van der Waals surface area contributed by atoms with Gasteiger partial charge in [-0.3, -0.25) is 0 Å². The Morgan fingerprint density at radius 1 is 1.50 bits per heavy atom. The molecule has 0 unspecified atom stereocenters. The van der Waals surface area contributed by atoms with E-state index in [1.807, 2.05) is 0 Å². The molecule has 0 aliphatic rings. The summed E-state index contributed by atoms with van der Waals surface area (Å²) in [5.74, 6) is 1.10. The van der Waals surface area contributed by atoms with Crippen LogP contribution in [0.5, 0.6) is 0 Å². The van der Waals surface area contributed by atoms with Crippen molar-refractivity contribution in [1.82, 2.24) is 20.2 Å². The smallest absolute Gasteiger partial charge is 0.240 e. The van der Waals surface area contributed by atoms with Crippen LogP contribution in [-0.4, -0.2) is 20.2 Å². The second-order valence-electron chi connectivity index (χ2n) is 2.21. The van der Waals surface area contributed by atoms with Crippen LogP contribution < -0.4 is 0 Å². The lowest BCUT2D eigenvalue weighted by molar-refractivity contribution is 0.550. The van der Waals surface area contributed by atoms with E-state index in [1.54, 1.807) is 19.2 Å². The van der Waals surface area contributed by atoms with Crippen LogP contribution in [0.4, 0.5) is 0 Å². The van der Waals surface area contributed by atoms with Crippen LogP contribution in [0, 0.1) is 0 Å². The van der Waals surface area contributed by atoms with Crippen LogP contribution in [-0.2, 0) is 7.05 Å². The summed E-state index contributed by atoms with van der Waals surface area (Å²) in [5, 5.41) is 11.4. The van der Waals surface area contributed by atoms with Gasteiger partial charge in [-0.15, -0.1) is 10.2 Å². The second-order valence-corrected chi connectivity index (χ2v) is 2.99. The SMILES string of the molecule is Cn1nnc(-c2ccc(Br)o2)n1. The van der Waals surface area contributed by atoms with E-state index >= 15 is 0 Å². The molecule has 2 aromatic rings. The summed E-state index contributed by atoms with van der Waals surface area (Å²) in [7, 11) is 1.70. The highest BCUT2D eigenvalue weighted by Gasteiger charge is 2.07. The van der Waals surface area contributed by atoms with Crippen molar-refractivity contribution in [2.75, 3.05) is 0 Å². The summed E-state index contributed by atoms with van der Waals surface area (Å²) in [4.78, 5) is 1.38. The predicted molar refractivity (Wildman–Crippen MR) is 44.2 cm³/mol. The maximum atomic E-state index is 5.22. The molecule has 0 fully saturated rings. The molecule has 62 valence electrons. The highest BCUT2D eigenvalue weighted by Crippen LogP contribution is 2.20. The van der Waals surface area contributed by atoms with Gasteiger partial charge in [0.15, 0.2) is 10.4 Å². The molecule has 0 bridgehead atoms. The van der Waals surface area contributed by atoms with Crippen molar-refractivity contribution in [2.45, 2.75) is 0 Å². The Hall–Kier alpha value is -1.17. The molecule has 0 radical (unpaired) electrons. The van der Waals surface area contributed by atoms with Gasteiger partial charge in [0.25, 0.3) is 0 Å². The third-order valence-corrected chi connectivity index (χ3v) is 1.73. The second kappa shape index (κ2) is 2.71. The van der Waals surface area contributed by atoms with Crippen LogP contribution in [0.3, 0.4) is 0 Å². The average molecular weight is 229 g/mol. The van der Waals surface area contributed by atoms with E-state index in [9.17, 15) is 0 Å². The van der Waals surface area contributed by atoms with Crippen molar-refractivity contribution in [3.63, 3.8) is 0 Å². The number of tetrazole rings is 1. The van der Waals surface area contributed by atoms with Crippen LogP contribution in [0.15, 0.2) is 21.2 Å². The molecule has 0 saturated heterocycles. The lowest BCUT2D eigenvalue weighted by Gasteiger charge is -1.83. The Bertz CT molecular complexity index is 355. The normalized spacial score (nSPS) is 10.5. The lowest BCUT2D eigenvalue weighted by atomic mass is 10.4. The van der Waals surface area contributed by atoms with Gasteiger partial charge in [-0.05, 0) is 33.3 Å². The highest BCUT2D eigenvalue weighted by molar-refractivity contribution is 9.10. The molecule has 0 aliphatic heterocycles. The number of halogens is 1. The standard InChI is InChI=1S/C6H5BrN4O/c1-11-9-6(8-10-11)4-2-3-5(7)12-4/h2-3H,1H3. The van der Waals surface area contributed by atoms with Crippen molar-refractivity contribution in [2.24, 2.45) is 7.05 Å². The molecule has 0 saturated carbocycles. The van der Waals surface area contributed by atoms with Gasteiger partial charge in [0, 0.05) is 0 Å². The summed E-state index contributed by atoms with van der Waals surface area (Å²) in [6.45, 7) is 0. The topological polar surface area (TPSA) is 56.7 Å². The number of hydrogen-bond donors (Lipinski definition) is 0. The van der Waals surface area contributed by atoms with E-state index in [0.29, 0.717) is 16.3 Å². The van der Waals surface area contributed by atoms with E-state index in [2.05, 4.69) is 31.3 Å². The van der Waals surface area contributed by atoms with E-state index in [4.69, 9.17) is 4.42 Å². The molecule has 0 atom stereocenters. The molecule has 5 nitrogen and oxygen atoms in total. The van der Waals surface area contributed by atoms with Gasteiger partial charge in [0.1, 0.15) is 0 Å². The number of furan rings is 1. The van der Waals surface area contributed by atoms with Crippen LogP contribution >= 0.6 is 15.9 Å². The van der Waals surface area contributed by atoms with Crippen molar-refractivity contribution >= 4 is 15.9 Å². The van der Waals surface area contributed by atoms with Crippen LogP contribution in [0.1, 0.15) is 0 Å². The van der Waals surface area contributed by atoms with E-state index in [0.717, 1.165) is 0 Å². The molecule has 2 heterocycles. The Kier molecular flexibility index (Phi) is 1.69. The molecule has 0 aromatic carbocycles. The molecular formula is C6H5BrN4O. The van der Waals surface area contributed by atoms with Gasteiger partial charge >= 0.3 is 0 Å². The zero-order valence-electron chi connectivity index (χ0n) is 6.23. The van der Waals surface area contributed by atoms with Crippen molar-refractivity contribution in [3.8, 4) is 11.6 Å². The minimum absolute atomic E-state index is 0.489. The van der Waals surface area contributed by atoms with E-state index in [1.165, 1.54) is 4.80 Å². The summed E-state index contributed by atoms with van der Waals surface area (Å²) >= 11 is 3.19. The Morgan fingerprint density at radius 3 is 2.83 bits per heavy atom. The minimum atomic E-state index is 0.489. The number of rotatable bonds is 1. The summed E-state index contributed by atoms with van der Waals surface area (Å²) in [6, 6.07) is 3.56. The molecule has 0 aliphatic carbocycles. The lowest BCUT2D eigenvalue weighted by Crippen LogP contribution is -1.91. The van der Waals surface area contributed by atoms with Crippen molar-refractivity contribution in [3.05, 3.63) is 16.8 Å². The van der Waals surface area contributed by atoms with Gasteiger partial charge < -0.3 is 4.42 Å². The summed E-state index contributed by atoms with van der Waals surface area (Å²) in [6.07, 6.45) is 0. The molecule has 0 amide bonds. The van der Waals surface area contributed by atoms with Crippen LogP contribution in [0.2, 0.25) is 0 Å². The predicted octanol–water partition coefficient (Wildman–Crippen LogP) is 1.23. The first kappa shape index (κ1) is 7.48. The Morgan fingerprint density at radius 2 is 2.33 bits per heavy atom. The van der Waals surface area contributed by atoms with Gasteiger partial charge in [0.05, 0.1) is 7.05 Å². The first-order chi connectivity index (χ1) is 5.75. The van der Waals surface area contributed by atoms with Gasteiger partial charge in [0.2, 0.25) is 5.82 Å². The van der Waals surface area contributed by atoms with Gasteiger partial charge in [-0.1, -0.05) is 0 Å². The molecule has 0 N–H and O–H groups in total. The Labute approximate surface area is 76.5 Å². The molecule has 2 rings (SSSR count). The molecule has 12 heavy (non-hydrogen) atoms. The minimum Gasteiger partial charge on any atom is -0.446 e. The average Bonchev–Trinajstić information content (AvgIpc) is 2.58. The number of aromatic nitrogens is 4. The fourth-order valence-electron chi connectivity index (χ4n) is 0.817. The van der Waals surface area contributed by atoms with Crippen molar-refractivity contribution < 1.29 is 4.42 Å². The first-order valence-electron chi connectivity index (χ1n) is 3.25. The summed E-state index contributed by atoms with van der Waals surface area (Å²) in [5.41, 5.74) is 0. The zero-order chi connectivity index (χ0) is 8.55. The third-order valence-electron chi connectivity index (χ3n) is 1.30. The molecular weight excluding hydrogens is 224 g/mol. The third kappa shape index (κ3) is 1.25. The van der Waals surface area contributed by atoms with E-state index < -0.39 is 0 Å². The Balaban J connectivity index is 2.43. The van der Waals surface area contributed by atoms with Crippen molar-refractivity contribution in [1.29, 1.82) is 0 Å². The number of nitrogens with zero attached hydrogens (tertiary/aromatic N) is 4. The fraction of sp³-hybridized carbons (Fsp3) is 0.167. The monoisotopic (exact) mass is 228 g/mol. The largest absolute Gasteiger partial charge is 0.446 e. The van der Waals surface area contributed by atoms with Crippen LogP contribution in [0.25, 0.3) is 11.6 Å². The van der Waals surface area contributed by atoms with Gasteiger partial charge in [-0.2, -0.15) is 4.80 Å². The van der Waals surface area contributed by atoms with Gasteiger partial charge in [-0.25, -0.2) is 0 Å². The number of hydrogen-bond acceptors (Lipinski definition) is 4. The quantitative estimate of drug-likeness (QED) is 0.737. The fourth-order valence-corrected chi connectivity index (χ4v) is 1.12. The molecule has 0 spiro atoms.